The second kappa shape index (κ2) is 6.96. The number of hydrogen-bond acceptors (Lipinski definition) is 3. The fourth-order valence-corrected chi connectivity index (χ4v) is 2.51. The maximum absolute atomic E-state index is 11.8. The third-order valence-corrected chi connectivity index (χ3v) is 3.87. The van der Waals surface area contributed by atoms with Gasteiger partial charge >= 0.3 is 5.97 Å². The predicted octanol–water partition coefficient (Wildman–Crippen LogP) is 4.70. The molecule has 0 atom stereocenters. The lowest BCUT2D eigenvalue weighted by molar-refractivity contribution is -0.136. The molecule has 3 nitrogen and oxygen atoms in total. The Labute approximate surface area is 137 Å². The van der Waals surface area contributed by atoms with Gasteiger partial charge in [0.2, 0.25) is 0 Å². The summed E-state index contributed by atoms with van der Waals surface area (Å²) in [4.78, 5) is 11.8. The van der Waals surface area contributed by atoms with Crippen molar-refractivity contribution in [2.24, 2.45) is 0 Å². The number of hydrogen-bond donors (Lipinski definition) is 0. The van der Waals surface area contributed by atoms with Gasteiger partial charge in [0.25, 0.3) is 0 Å². The van der Waals surface area contributed by atoms with E-state index >= 15 is 0 Å². The number of carbonyl (C=O) groups excluding carboxylic acids is 1. The zero-order chi connectivity index (χ0) is 15.4. The molecule has 21 heavy (non-hydrogen) atoms. The summed E-state index contributed by atoms with van der Waals surface area (Å²) in [5, 5.41) is 0.590. The van der Waals surface area contributed by atoms with Crippen LogP contribution in [-0.2, 0) is 4.79 Å². The SMILES string of the molecule is Cc1cccc(OC(=O)COc2ccc(Cl)cc2Br)c1C. The van der Waals surface area contributed by atoms with E-state index in [1.165, 1.54) is 0 Å². The van der Waals surface area contributed by atoms with Gasteiger partial charge in [-0.2, -0.15) is 0 Å². The highest BCUT2D eigenvalue weighted by molar-refractivity contribution is 9.10. The number of benzene rings is 2. The molecule has 2 aromatic rings. The Balaban J connectivity index is 1.97. The fourth-order valence-electron chi connectivity index (χ4n) is 1.72. The maximum atomic E-state index is 11.8. The average Bonchev–Trinajstić information content (AvgIpc) is 2.43. The van der Waals surface area contributed by atoms with E-state index in [0.717, 1.165) is 11.1 Å². The van der Waals surface area contributed by atoms with E-state index in [0.29, 0.717) is 21.0 Å². The largest absolute Gasteiger partial charge is 0.481 e. The standard InChI is InChI=1S/C16H14BrClO3/c1-10-4-3-5-14(11(10)2)21-16(19)9-20-15-7-6-12(18)8-13(15)17/h3-8H,9H2,1-2H3. The lowest BCUT2D eigenvalue weighted by Crippen LogP contribution is -2.18. The molecular formula is C16H14BrClO3. The molecule has 0 amide bonds. The Hall–Kier alpha value is -1.52. The van der Waals surface area contributed by atoms with Gasteiger partial charge in [-0.05, 0) is 65.2 Å². The average molecular weight is 370 g/mol. The minimum atomic E-state index is -0.453. The van der Waals surface area contributed by atoms with Crippen molar-refractivity contribution < 1.29 is 14.3 Å². The third kappa shape index (κ3) is 4.22. The first-order valence-corrected chi connectivity index (χ1v) is 7.49. The molecular weight excluding hydrogens is 356 g/mol. The minimum Gasteiger partial charge on any atom is -0.481 e. The van der Waals surface area contributed by atoms with Crippen molar-refractivity contribution in [2.45, 2.75) is 13.8 Å². The predicted molar refractivity (Wildman–Crippen MR) is 86.2 cm³/mol. The maximum Gasteiger partial charge on any atom is 0.349 e. The second-order valence-electron chi connectivity index (χ2n) is 4.54. The Morgan fingerprint density at radius 1 is 1.19 bits per heavy atom. The molecule has 0 spiro atoms. The second-order valence-corrected chi connectivity index (χ2v) is 5.83. The van der Waals surface area contributed by atoms with Gasteiger partial charge in [0.1, 0.15) is 11.5 Å². The lowest BCUT2D eigenvalue weighted by Gasteiger charge is -2.11. The highest BCUT2D eigenvalue weighted by Gasteiger charge is 2.10. The van der Waals surface area contributed by atoms with Crippen LogP contribution in [0.5, 0.6) is 11.5 Å². The van der Waals surface area contributed by atoms with Gasteiger partial charge < -0.3 is 9.47 Å². The number of halogens is 2. The summed E-state index contributed by atoms with van der Waals surface area (Å²) >= 11 is 9.17. The molecule has 5 heteroatoms. The Kier molecular flexibility index (Phi) is 5.26. The van der Waals surface area contributed by atoms with Gasteiger partial charge in [-0.1, -0.05) is 23.7 Å². The molecule has 0 saturated heterocycles. The summed E-state index contributed by atoms with van der Waals surface area (Å²) in [6.07, 6.45) is 0. The normalized spacial score (nSPS) is 10.3. The molecule has 0 unspecified atom stereocenters. The topological polar surface area (TPSA) is 35.5 Å². The van der Waals surface area contributed by atoms with Crippen LogP contribution in [0.2, 0.25) is 5.02 Å². The number of esters is 1. The van der Waals surface area contributed by atoms with Crippen LogP contribution in [0.25, 0.3) is 0 Å². The van der Waals surface area contributed by atoms with E-state index in [1.54, 1.807) is 24.3 Å². The van der Waals surface area contributed by atoms with Crippen molar-refractivity contribution in [3.63, 3.8) is 0 Å². The Bertz CT molecular complexity index is 671. The van der Waals surface area contributed by atoms with Crippen LogP contribution in [0.1, 0.15) is 11.1 Å². The van der Waals surface area contributed by atoms with Crippen molar-refractivity contribution in [1.29, 1.82) is 0 Å². The molecule has 0 N–H and O–H groups in total. The lowest BCUT2D eigenvalue weighted by atomic mass is 10.1. The molecule has 2 aromatic carbocycles. The van der Waals surface area contributed by atoms with Crippen molar-refractivity contribution in [2.75, 3.05) is 6.61 Å². The van der Waals surface area contributed by atoms with Crippen LogP contribution in [0, 0.1) is 13.8 Å². The van der Waals surface area contributed by atoms with Gasteiger partial charge in [0.15, 0.2) is 6.61 Å². The molecule has 0 radical (unpaired) electrons. The number of carbonyl (C=O) groups is 1. The number of rotatable bonds is 4. The van der Waals surface area contributed by atoms with Crippen LogP contribution in [0.4, 0.5) is 0 Å². The fraction of sp³-hybridized carbons (Fsp3) is 0.188. The van der Waals surface area contributed by atoms with E-state index in [-0.39, 0.29) is 6.61 Å². The van der Waals surface area contributed by atoms with Crippen LogP contribution in [0.3, 0.4) is 0 Å². The molecule has 0 aromatic heterocycles. The summed E-state index contributed by atoms with van der Waals surface area (Å²) in [6, 6.07) is 10.7. The van der Waals surface area contributed by atoms with Gasteiger partial charge in [-0.25, -0.2) is 4.79 Å². The number of ether oxygens (including phenoxy) is 2. The van der Waals surface area contributed by atoms with E-state index in [1.807, 2.05) is 26.0 Å². The summed E-state index contributed by atoms with van der Waals surface area (Å²) in [5.41, 5.74) is 2.01. The van der Waals surface area contributed by atoms with E-state index in [4.69, 9.17) is 21.1 Å². The molecule has 0 aliphatic rings. The monoisotopic (exact) mass is 368 g/mol. The molecule has 0 aliphatic heterocycles. The van der Waals surface area contributed by atoms with Gasteiger partial charge in [-0.3, -0.25) is 0 Å². The van der Waals surface area contributed by atoms with E-state index in [9.17, 15) is 4.79 Å². The summed E-state index contributed by atoms with van der Waals surface area (Å²) in [6.45, 7) is 3.70. The first kappa shape index (κ1) is 15.9. The molecule has 0 fully saturated rings. The van der Waals surface area contributed by atoms with E-state index < -0.39 is 5.97 Å². The van der Waals surface area contributed by atoms with Gasteiger partial charge in [0, 0.05) is 5.02 Å². The minimum absolute atomic E-state index is 0.173. The molecule has 2 rings (SSSR count). The molecule has 0 aliphatic carbocycles. The number of aryl methyl sites for hydroxylation is 1. The van der Waals surface area contributed by atoms with Crippen molar-refractivity contribution in [3.8, 4) is 11.5 Å². The summed E-state index contributed by atoms with van der Waals surface area (Å²) < 4.78 is 11.4. The molecule has 0 saturated carbocycles. The van der Waals surface area contributed by atoms with Crippen LogP contribution in [0.15, 0.2) is 40.9 Å². The van der Waals surface area contributed by atoms with Crippen LogP contribution >= 0.6 is 27.5 Å². The summed E-state index contributed by atoms with van der Waals surface area (Å²) in [7, 11) is 0. The highest BCUT2D eigenvalue weighted by Crippen LogP contribution is 2.28. The Morgan fingerprint density at radius 3 is 2.67 bits per heavy atom. The van der Waals surface area contributed by atoms with Crippen molar-refractivity contribution in [3.05, 3.63) is 57.0 Å². The van der Waals surface area contributed by atoms with Gasteiger partial charge in [-0.15, -0.1) is 0 Å². The molecule has 0 bridgehead atoms. The first-order valence-electron chi connectivity index (χ1n) is 6.32. The molecule has 0 heterocycles. The van der Waals surface area contributed by atoms with Crippen molar-refractivity contribution in [1.82, 2.24) is 0 Å². The quantitative estimate of drug-likeness (QED) is 0.578. The van der Waals surface area contributed by atoms with Crippen LogP contribution in [-0.4, -0.2) is 12.6 Å². The highest BCUT2D eigenvalue weighted by atomic mass is 79.9. The molecule has 110 valence electrons. The zero-order valence-corrected chi connectivity index (χ0v) is 14.0. The van der Waals surface area contributed by atoms with Crippen LogP contribution < -0.4 is 9.47 Å². The third-order valence-electron chi connectivity index (χ3n) is 3.02. The smallest absolute Gasteiger partial charge is 0.349 e. The van der Waals surface area contributed by atoms with Crippen molar-refractivity contribution >= 4 is 33.5 Å². The zero-order valence-electron chi connectivity index (χ0n) is 11.7. The Morgan fingerprint density at radius 2 is 1.95 bits per heavy atom. The summed E-state index contributed by atoms with van der Waals surface area (Å²) in [5.74, 6) is 0.640. The first-order chi connectivity index (χ1) is 9.97. The van der Waals surface area contributed by atoms with E-state index in [2.05, 4.69) is 15.9 Å². The van der Waals surface area contributed by atoms with Gasteiger partial charge in [0.05, 0.1) is 4.47 Å².